The Labute approximate surface area is 123 Å². The highest BCUT2D eigenvalue weighted by atomic mass is 32.1. The summed E-state index contributed by atoms with van der Waals surface area (Å²) in [7, 11) is 1.80. The molecule has 0 atom stereocenters. The van der Waals surface area contributed by atoms with Gasteiger partial charge in [-0.2, -0.15) is 0 Å². The van der Waals surface area contributed by atoms with Crippen LogP contribution >= 0.6 is 11.3 Å². The quantitative estimate of drug-likeness (QED) is 0.879. The van der Waals surface area contributed by atoms with Gasteiger partial charge in [-0.25, -0.2) is 0 Å². The van der Waals surface area contributed by atoms with E-state index in [2.05, 4.69) is 11.8 Å². The van der Waals surface area contributed by atoms with Crippen LogP contribution in [0.4, 0.5) is 0 Å². The zero-order chi connectivity index (χ0) is 14.4. The molecule has 20 heavy (non-hydrogen) atoms. The molecule has 0 radical (unpaired) electrons. The smallest absolute Gasteiger partial charge is 0.253 e. The van der Waals surface area contributed by atoms with Gasteiger partial charge in [0.2, 0.25) is 0 Å². The number of nitrogens with zero attached hydrogens (tertiary/aromatic N) is 1. The van der Waals surface area contributed by atoms with Gasteiger partial charge in [-0.15, -0.1) is 11.3 Å². The molecule has 2 N–H and O–H groups in total. The normalized spacial score (nSPS) is 9.70. The van der Waals surface area contributed by atoms with Gasteiger partial charge in [0.1, 0.15) is 0 Å². The molecular formula is C16H16N2OS. The number of amides is 1. The molecule has 0 saturated carbocycles. The van der Waals surface area contributed by atoms with Gasteiger partial charge in [0.25, 0.3) is 5.91 Å². The summed E-state index contributed by atoms with van der Waals surface area (Å²) in [5.41, 5.74) is 7.13. The average Bonchev–Trinajstić information content (AvgIpc) is 2.92. The monoisotopic (exact) mass is 284 g/mol. The average molecular weight is 284 g/mol. The first-order valence-electron chi connectivity index (χ1n) is 6.27. The predicted molar refractivity (Wildman–Crippen MR) is 82.5 cm³/mol. The Hall–Kier alpha value is -2.09. The van der Waals surface area contributed by atoms with Crippen LogP contribution in [0.3, 0.4) is 0 Å². The molecule has 4 heteroatoms. The first-order chi connectivity index (χ1) is 9.70. The summed E-state index contributed by atoms with van der Waals surface area (Å²) in [6, 6.07) is 11.3. The van der Waals surface area contributed by atoms with Gasteiger partial charge in [-0.1, -0.05) is 30.0 Å². The van der Waals surface area contributed by atoms with E-state index in [9.17, 15) is 4.79 Å². The number of nitrogens with two attached hydrogens (primary N) is 1. The van der Waals surface area contributed by atoms with Crippen LogP contribution in [0.15, 0.2) is 41.8 Å². The first-order valence-corrected chi connectivity index (χ1v) is 7.15. The van der Waals surface area contributed by atoms with Gasteiger partial charge in [-0.3, -0.25) is 4.79 Å². The fourth-order valence-electron chi connectivity index (χ4n) is 1.81. The molecular weight excluding hydrogens is 268 g/mol. The lowest BCUT2D eigenvalue weighted by Crippen LogP contribution is -2.25. The number of hydrogen-bond acceptors (Lipinski definition) is 3. The summed E-state index contributed by atoms with van der Waals surface area (Å²) in [6.07, 6.45) is 0. The minimum absolute atomic E-state index is 0.0198. The molecule has 0 spiro atoms. The number of carbonyl (C=O) groups excluding carboxylic acids is 1. The Morgan fingerprint density at radius 2 is 2.10 bits per heavy atom. The number of carbonyl (C=O) groups is 1. The number of rotatable bonds is 3. The molecule has 0 saturated heterocycles. The summed E-state index contributed by atoms with van der Waals surface area (Å²) < 4.78 is 0. The third-order valence-corrected chi connectivity index (χ3v) is 3.65. The largest absolute Gasteiger partial charge is 0.337 e. The van der Waals surface area contributed by atoms with Crippen molar-refractivity contribution in [2.24, 2.45) is 5.73 Å². The van der Waals surface area contributed by atoms with Crippen LogP contribution < -0.4 is 5.73 Å². The summed E-state index contributed by atoms with van der Waals surface area (Å²) in [5.74, 6) is 5.85. The third kappa shape index (κ3) is 3.70. The molecule has 1 amide bonds. The van der Waals surface area contributed by atoms with Crippen LogP contribution in [0, 0.1) is 11.8 Å². The second-order valence-corrected chi connectivity index (χ2v) is 5.26. The van der Waals surface area contributed by atoms with Crippen LogP contribution in [0.2, 0.25) is 0 Å². The number of hydrogen-bond donors (Lipinski definition) is 1. The lowest BCUT2D eigenvalue weighted by atomic mass is 10.2. The van der Waals surface area contributed by atoms with Gasteiger partial charge in [0.15, 0.2) is 0 Å². The zero-order valence-corrected chi connectivity index (χ0v) is 12.1. The molecule has 1 heterocycles. The van der Waals surface area contributed by atoms with Crippen molar-refractivity contribution in [1.29, 1.82) is 0 Å². The van der Waals surface area contributed by atoms with E-state index in [-0.39, 0.29) is 5.91 Å². The van der Waals surface area contributed by atoms with Crippen molar-refractivity contribution in [3.63, 3.8) is 0 Å². The predicted octanol–water partition coefficient (Wildman–Crippen LogP) is 2.33. The van der Waals surface area contributed by atoms with Crippen LogP contribution in [0.1, 0.15) is 20.8 Å². The lowest BCUT2D eigenvalue weighted by Gasteiger charge is -2.16. The summed E-state index contributed by atoms with van der Waals surface area (Å²) >= 11 is 1.57. The van der Waals surface area contributed by atoms with Gasteiger partial charge < -0.3 is 10.6 Å². The van der Waals surface area contributed by atoms with Crippen LogP contribution in [-0.2, 0) is 6.54 Å². The molecule has 0 aliphatic rings. The molecule has 102 valence electrons. The summed E-state index contributed by atoms with van der Waals surface area (Å²) in [4.78, 5) is 14.9. The minimum atomic E-state index is 0.0198. The van der Waals surface area contributed by atoms with Crippen molar-refractivity contribution in [2.45, 2.75) is 6.54 Å². The molecule has 0 aliphatic heterocycles. The summed E-state index contributed by atoms with van der Waals surface area (Å²) in [5, 5.41) is 2.02. The van der Waals surface area contributed by atoms with Gasteiger partial charge in [0.05, 0.1) is 11.4 Å². The summed E-state index contributed by atoms with van der Waals surface area (Å²) in [6.45, 7) is 0.939. The van der Waals surface area contributed by atoms with Crippen molar-refractivity contribution in [3.8, 4) is 11.8 Å². The Bertz CT molecular complexity index is 637. The SMILES string of the molecule is CN(Cc1csc(C#CCN)c1)C(=O)c1ccccc1. The maximum Gasteiger partial charge on any atom is 0.253 e. The molecule has 0 unspecified atom stereocenters. The first kappa shape index (κ1) is 14.3. The Kier molecular flexibility index (Phi) is 4.94. The van der Waals surface area contributed by atoms with Crippen LogP contribution in [0.25, 0.3) is 0 Å². The highest BCUT2D eigenvalue weighted by Crippen LogP contribution is 2.16. The van der Waals surface area contributed by atoms with E-state index in [0.29, 0.717) is 18.7 Å². The minimum Gasteiger partial charge on any atom is -0.337 e. The van der Waals surface area contributed by atoms with Crippen molar-refractivity contribution in [3.05, 3.63) is 57.8 Å². The topological polar surface area (TPSA) is 46.3 Å². The van der Waals surface area contributed by atoms with Crippen molar-refractivity contribution >= 4 is 17.2 Å². The Morgan fingerprint density at radius 1 is 1.35 bits per heavy atom. The van der Waals surface area contributed by atoms with Crippen molar-refractivity contribution < 1.29 is 4.79 Å². The molecule has 0 bridgehead atoms. The number of thiophene rings is 1. The van der Waals surface area contributed by atoms with Gasteiger partial charge in [-0.05, 0) is 29.1 Å². The van der Waals surface area contributed by atoms with Crippen LogP contribution in [-0.4, -0.2) is 24.4 Å². The van der Waals surface area contributed by atoms with Crippen LogP contribution in [0.5, 0.6) is 0 Å². The Morgan fingerprint density at radius 3 is 2.80 bits per heavy atom. The molecule has 2 rings (SSSR count). The third-order valence-electron chi connectivity index (χ3n) is 2.75. The molecule has 1 aromatic carbocycles. The van der Waals surface area contributed by atoms with E-state index < -0.39 is 0 Å². The second-order valence-electron chi connectivity index (χ2n) is 4.35. The maximum absolute atomic E-state index is 12.2. The van der Waals surface area contributed by atoms with Gasteiger partial charge >= 0.3 is 0 Å². The van der Waals surface area contributed by atoms with E-state index >= 15 is 0 Å². The van der Waals surface area contributed by atoms with Crippen molar-refractivity contribution in [2.75, 3.05) is 13.6 Å². The standard InChI is InChI=1S/C16H16N2OS/c1-18(16(19)14-6-3-2-4-7-14)11-13-10-15(20-12-13)8-5-9-17/h2-4,6-7,10,12H,9,11,17H2,1H3. The zero-order valence-electron chi connectivity index (χ0n) is 11.3. The molecule has 1 aromatic heterocycles. The van der Waals surface area contributed by atoms with E-state index in [4.69, 9.17) is 5.73 Å². The van der Waals surface area contributed by atoms with Gasteiger partial charge in [0, 0.05) is 19.2 Å². The second kappa shape index (κ2) is 6.90. The molecule has 0 fully saturated rings. The molecule has 0 aliphatic carbocycles. The number of benzene rings is 1. The highest BCUT2D eigenvalue weighted by molar-refractivity contribution is 7.10. The fraction of sp³-hybridized carbons (Fsp3) is 0.188. The van der Waals surface area contributed by atoms with E-state index in [1.165, 1.54) is 0 Å². The fourth-order valence-corrected chi connectivity index (χ4v) is 2.58. The molecule has 2 aromatic rings. The maximum atomic E-state index is 12.2. The molecule has 3 nitrogen and oxygen atoms in total. The van der Waals surface area contributed by atoms with Crippen molar-refractivity contribution in [1.82, 2.24) is 4.90 Å². The van der Waals surface area contributed by atoms with E-state index in [0.717, 1.165) is 10.4 Å². The lowest BCUT2D eigenvalue weighted by molar-refractivity contribution is 0.0785. The Balaban J connectivity index is 2.02. The van der Waals surface area contributed by atoms with E-state index in [1.54, 1.807) is 23.3 Å². The highest BCUT2D eigenvalue weighted by Gasteiger charge is 2.11. The van der Waals surface area contributed by atoms with E-state index in [1.807, 2.05) is 41.8 Å².